The van der Waals surface area contributed by atoms with Gasteiger partial charge in [-0.2, -0.15) is 0 Å². The minimum Gasteiger partial charge on any atom is -0.496 e. The van der Waals surface area contributed by atoms with Gasteiger partial charge in [-0.1, -0.05) is 19.1 Å². The van der Waals surface area contributed by atoms with E-state index in [1.165, 1.54) is 0 Å². The zero-order valence-corrected chi connectivity index (χ0v) is 11.9. The number of hydrogen-bond donors (Lipinski definition) is 1. The molecular formula is C16H20O3. The lowest BCUT2D eigenvalue weighted by Gasteiger charge is -2.18. The first-order chi connectivity index (χ1) is 9.10. The fraction of sp³-hybridized carbons (Fsp3) is 0.375. The van der Waals surface area contributed by atoms with Crippen molar-refractivity contribution in [3.8, 4) is 5.75 Å². The first kappa shape index (κ1) is 13.7. The van der Waals surface area contributed by atoms with E-state index in [2.05, 4.69) is 0 Å². The number of hydrogen-bond acceptors (Lipinski definition) is 3. The minimum absolute atomic E-state index is 0.719. The highest BCUT2D eigenvalue weighted by molar-refractivity contribution is 5.49. The van der Waals surface area contributed by atoms with Crippen molar-refractivity contribution in [3.05, 3.63) is 52.5 Å². The molecule has 0 aliphatic heterocycles. The maximum atomic E-state index is 10.6. The largest absolute Gasteiger partial charge is 0.496 e. The molecule has 0 amide bonds. The van der Waals surface area contributed by atoms with Crippen molar-refractivity contribution in [2.45, 2.75) is 33.3 Å². The third-order valence-electron chi connectivity index (χ3n) is 3.60. The average Bonchev–Trinajstić information content (AvgIpc) is 2.89. The van der Waals surface area contributed by atoms with Crippen LogP contribution in [0, 0.1) is 13.8 Å². The van der Waals surface area contributed by atoms with Gasteiger partial charge in [0.1, 0.15) is 17.6 Å². The molecule has 3 heteroatoms. The van der Waals surface area contributed by atoms with E-state index in [1.54, 1.807) is 13.4 Å². The molecular weight excluding hydrogens is 240 g/mol. The van der Waals surface area contributed by atoms with Crippen molar-refractivity contribution in [2.24, 2.45) is 0 Å². The Hall–Kier alpha value is -1.74. The Morgan fingerprint density at radius 1 is 1.21 bits per heavy atom. The van der Waals surface area contributed by atoms with Crippen molar-refractivity contribution < 1.29 is 14.3 Å². The van der Waals surface area contributed by atoms with Crippen molar-refractivity contribution in [1.29, 1.82) is 0 Å². The van der Waals surface area contributed by atoms with Gasteiger partial charge in [-0.15, -0.1) is 0 Å². The molecule has 1 N–H and O–H groups in total. The van der Waals surface area contributed by atoms with Gasteiger partial charge in [0, 0.05) is 17.5 Å². The van der Waals surface area contributed by atoms with Crippen LogP contribution in [0.2, 0.25) is 0 Å². The summed E-state index contributed by atoms with van der Waals surface area (Å²) in [5.41, 5.74) is 3.79. The lowest BCUT2D eigenvalue weighted by atomic mass is 9.96. The zero-order chi connectivity index (χ0) is 14.0. The van der Waals surface area contributed by atoms with Crippen LogP contribution in [0.4, 0.5) is 0 Å². The Labute approximate surface area is 113 Å². The van der Waals surface area contributed by atoms with Crippen LogP contribution >= 0.6 is 0 Å². The predicted molar refractivity (Wildman–Crippen MR) is 74.6 cm³/mol. The quantitative estimate of drug-likeness (QED) is 0.914. The van der Waals surface area contributed by atoms with Crippen LogP contribution in [0.1, 0.15) is 41.0 Å². The van der Waals surface area contributed by atoms with Crippen molar-refractivity contribution in [2.75, 3.05) is 7.11 Å². The molecule has 0 fully saturated rings. The Morgan fingerprint density at radius 3 is 2.58 bits per heavy atom. The molecule has 0 aliphatic rings. The Balaban J connectivity index is 2.50. The van der Waals surface area contributed by atoms with Crippen LogP contribution in [-0.4, -0.2) is 12.2 Å². The molecule has 19 heavy (non-hydrogen) atoms. The van der Waals surface area contributed by atoms with Crippen LogP contribution in [-0.2, 0) is 6.42 Å². The number of aliphatic hydroxyl groups is 1. The molecule has 1 aromatic carbocycles. The summed E-state index contributed by atoms with van der Waals surface area (Å²) in [6.07, 6.45) is 1.65. The SMILES string of the molecule is CCc1occc1C(O)c1ccc(C)c(C)c1OC. The standard InChI is InChI=1S/C16H20O3/c1-5-14-12(8-9-19-14)15(17)13-7-6-10(2)11(3)16(13)18-4/h6-9,15,17H,5H2,1-4H3. The second-order valence-electron chi connectivity index (χ2n) is 4.69. The average molecular weight is 260 g/mol. The molecule has 2 aromatic rings. The molecule has 2 rings (SSSR count). The monoisotopic (exact) mass is 260 g/mol. The molecule has 0 aliphatic carbocycles. The van der Waals surface area contributed by atoms with E-state index in [9.17, 15) is 5.11 Å². The predicted octanol–water partition coefficient (Wildman–Crippen LogP) is 3.55. The van der Waals surface area contributed by atoms with Crippen LogP contribution < -0.4 is 4.74 Å². The van der Waals surface area contributed by atoms with Gasteiger partial charge in [0.2, 0.25) is 0 Å². The topological polar surface area (TPSA) is 42.6 Å². The molecule has 0 saturated heterocycles. The van der Waals surface area contributed by atoms with Crippen LogP contribution in [0.3, 0.4) is 0 Å². The Morgan fingerprint density at radius 2 is 1.95 bits per heavy atom. The maximum absolute atomic E-state index is 10.6. The number of methoxy groups -OCH3 is 1. The maximum Gasteiger partial charge on any atom is 0.128 e. The first-order valence-corrected chi connectivity index (χ1v) is 6.48. The van der Waals surface area contributed by atoms with Gasteiger partial charge < -0.3 is 14.3 Å². The normalized spacial score (nSPS) is 12.5. The zero-order valence-electron chi connectivity index (χ0n) is 11.9. The summed E-state index contributed by atoms with van der Waals surface area (Å²) in [4.78, 5) is 0. The summed E-state index contributed by atoms with van der Waals surface area (Å²) in [5, 5.41) is 10.6. The molecule has 1 heterocycles. The number of benzene rings is 1. The molecule has 1 aromatic heterocycles. The summed E-state index contributed by atoms with van der Waals surface area (Å²) in [6.45, 7) is 6.04. The molecule has 102 valence electrons. The number of ether oxygens (including phenoxy) is 1. The van der Waals surface area contributed by atoms with Gasteiger partial charge in [0.05, 0.1) is 13.4 Å². The van der Waals surface area contributed by atoms with Crippen molar-refractivity contribution in [1.82, 2.24) is 0 Å². The minimum atomic E-state index is -0.719. The summed E-state index contributed by atoms with van der Waals surface area (Å²) in [7, 11) is 1.63. The smallest absolute Gasteiger partial charge is 0.128 e. The van der Waals surface area contributed by atoms with Gasteiger partial charge in [-0.05, 0) is 31.0 Å². The van der Waals surface area contributed by atoms with E-state index in [0.717, 1.165) is 40.2 Å². The van der Waals surface area contributed by atoms with Crippen molar-refractivity contribution >= 4 is 0 Å². The fourth-order valence-electron chi connectivity index (χ4n) is 2.35. The molecule has 0 saturated carbocycles. The number of aliphatic hydroxyl groups excluding tert-OH is 1. The number of rotatable bonds is 4. The van der Waals surface area contributed by atoms with E-state index >= 15 is 0 Å². The fourth-order valence-corrected chi connectivity index (χ4v) is 2.35. The summed E-state index contributed by atoms with van der Waals surface area (Å²) >= 11 is 0. The van der Waals surface area contributed by atoms with E-state index in [-0.39, 0.29) is 0 Å². The van der Waals surface area contributed by atoms with Gasteiger partial charge in [-0.25, -0.2) is 0 Å². The lowest BCUT2D eigenvalue weighted by molar-refractivity contribution is 0.211. The second-order valence-corrected chi connectivity index (χ2v) is 4.69. The van der Waals surface area contributed by atoms with Gasteiger partial charge in [-0.3, -0.25) is 0 Å². The molecule has 0 radical (unpaired) electrons. The van der Waals surface area contributed by atoms with Crippen LogP contribution in [0.25, 0.3) is 0 Å². The van der Waals surface area contributed by atoms with Crippen molar-refractivity contribution in [3.63, 3.8) is 0 Å². The van der Waals surface area contributed by atoms with Gasteiger partial charge in [0.25, 0.3) is 0 Å². The third-order valence-corrected chi connectivity index (χ3v) is 3.60. The molecule has 0 spiro atoms. The van der Waals surface area contributed by atoms with E-state index in [1.807, 2.05) is 39.0 Å². The van der Waals surface area contributed by atoms with Crippen LogP contribution in [0.5, 0.6) is 5.75 Å². The Bertz CT molecular complexity index is 569. The highest BCUT2D eigenvalue weighted by Crippen LogP contribution is 2.35. The van der Waals surface area contributed by atoms with Gasteiger partial charge in [0.15, 0.2) is 0 Å². The van der Waals surface area contributed by atoms with E-state index < -0.39 is 6.10 Å². The molecule has 1 unspecified atom stereocenters. The summed E-state index contributed by atoms with van der Waals surface area (Å²) in [5.74, 6) is 1.56. The van der Waals surface area contributed by atoms with E-state index in [4.69, 9.17) is 9.15 Å². The molecule has 0 bridgehead atoms. The first-order valence-electron chi connectivity index (χ1n) is 6.48. The second kappa shape index (κ2) is 5.49. The molecule has 3 nitrogen and oxygen atoms in total. The highest BCUT2D eigenvalue weighted by atomic mass is 16.5. The van der Waals surface area contributed by atoms with Gasteiger partial charge >= 0.3 is 0 Å². The third kappa shape index (κ3) is 2.38. The Kier molecular flexibility index (Phi) is 3.96. The summed E-state index contributed by atoms with van der Waals surface area (Å²) < 4.78 is 10.8. The number of furan rings is 1. The summed E-state index contributed by atoms with van der Waals surface area (Å²) in [6, 6.07) is 5.73. The lowest BCUT2D eigenvalue weighted by Crippen LogP contribution is -2.05. The highest BCUT2D eigenvalue weighted by Gasteiger charge is 2.21. The van der Waals surface area contributed by atoms with Crippen LogP contribution in [0.15, 0.2) is 28.9 Å². The van der Waals surface area contributed by atoms with E-state index in [0.29, 0.717) is 0 Å². The number of aryl methyl sites for hydroxylation is 2. The molecule has 1 atom stereocenters.